The molecule has 0 aromatic heterocycles. The molecular weight excluding hydrogens is 408 g/mol. The van der Waals surface area contributed by atoms with E-state index in [1.165, 1.54) is 0 Å². The molecule has 136 valence electrons. The van der Waals surface area contributed by atoms with Crippen LogP contribution in [0.4, 0.5) is 0 Å². The molecule has 0 saturated carbocycles. The van der Waals surface area contributed by atoms with E-state index in [9.17, 15) is 10.1 Å². The number of halogens is 1. The lowest BCUT2D eigenvalue weighted by Crippen LogP contribution is -2.25. The van der Waals surface area contributed by atoms with Crippen LogP contribution in [0.5, 0.6) is 0 Å². The van der Waals surface area contributed by atoms with Crippen LogP contribution in [0, 0.1) is 11.3 Å². The second kappa shape index (κ2) is 8.11. The highest BCUT2D eigenvalue weighted by Crippen LogP contribution is 2.42. The normalized spacial score (nSPS) is 16.6. The Balaban J connectivity index is 2.26. The molecule has 2 aromatic carbocycles. The molecule has 0 spiro atoms. The van der Waals surface area contributed by atoms with Crippen LogP contribution in [-0.4, -0.2) is 12.6 Å². The second-order valence-electron chi connectivity index (χ2n) is 5.81. The number of ether oxygens (including phenoxy) is 2. The Morgan fingerprint density at radius 2 is 1.89 bits per heavy atom. The lowest BCUT2D eigenvalue weighted by Gasteiger charge is -2.28. The summed E-state index contributed by atoms with van der Waals surface area (Å²) >= 11 is 3.40. The number of carbonyl (C=O) groups is 1. The van der Waals surface area contributed by atoms with Gasteiger partial charge in [0.25, 0.3) is 0 Å². The molecule has 2 N–H and O–H groups in total. The summed E-state index contributed by atoms with van der Waals surface area (Å²) in [5, 5.41) is 9.68. The number of allylic oxidation sites excluding steroid dienone is 1. The van der Waals surface area contributed by atoms with Crippen LogP contribution in [0.2, 0.25) is 0 Å². The smallest absolute Gasteiger partial charge is 0.338 e. The largest absolute Gasteiger partial charge is 0.463 e. The Labute approximate surface area is 165 Å². The van der Waals surface area contributed by atoms with E-state index < -0.39 is 11.9 Å². The fourth-order valence-electron chi connectivity index (χ4n) is 2.97. The van der Waals surface area contributed by atoms with E-state index in [1.54, 1.807) is 6.92 Å². The summed E-state index contributed by atoms with van der Waals surface area (Å²) in [5.41, 5.74) is 7.92. The number of nitriles is 1. The molecule has 0 fully saturated rings. The first-order valence-electron chi connectivity index (χ1n) is 8.36. The van der Waals surface area contributed by atoms with Gasteiger partial charge in [-0.2, -0.15) is 5.26 Å². The first kappa shape index (κ1) is 18.7. The molecule has 1 aliphatic heterocycles. The molecule has 0 amide bonds. The van der Waals surface area contributed by atoms with Gasteiger partial charge in [-0.1, -0.05) is 58.4 Å². The topological polar surface area (TPSA) is 85.3 Å². The third-order valence-electron chi connectivity index (χ3n) is 4.15. The van der Waals surface area contributed by atoms with Crippen LogP contribution in [0.15, 0.2) is 76.1 Å². The van der Waals surface area contributed by atoms with E-state index in [1.807, 2.05) is 54.6 Å². The molecule has 0 radical (unpaired) electrons. The Bertz CT molecular complexity index is 957. The number of hydrogen-bond acceptors (Lipinski definition) is 5. The van der Waals surface area contributed by atoms with Gasteiger partial charge in [-0.15, -0.1) is 0 Å². The highest BCUT2D eigenvalue weighted by atomic mass is 79.9. The van der Waals surface area contributed by atoms with Crippen molar-refractivity contribution in [1.82, 2.24) is 0 Å². The van der Waals surface area contributed by atoms with Crippen molar-refractivity contribution in [3.05, 3.63) is 87.2 Å². The molecule has 0 unspecified atom stereocenters. The number of rotatable bonds is 4. The quantitative estimate of drug-likeness (QED) is 0.741. The molecule has 1 heterocycles. The van der Waals surface area contributed by atoms with E-state index in [0.717, 1.165) is 10.0 Å². The fraction of sp³-hybridized carbons (Fsp3) is 0.143. The summed E-state index contributed by atoms with van der Waals surface area (Å²) in [6, 6.07) is 18.6. The number of hydrogen-bond donors (Lipinski definition) is 1. The van der Waals surface area contributed by atoms with E-state index in [4.69, 9.17) is 15.2 Å². The van der Waals surface area contributed by atoms with E-state index >= 15 is 0 Å². The molecule has 1 atom stereocenters. The summed E-state index contributed by atoms with van der Waals surface area (Å²) in [7, 11) is 0. The van der Waals surface area contributed by atoms with Crippen LogP contribution in [-0.2, 0) is 14.3 Å². The third kappa shape index (κ3) is 3.74. The predicted octanol–water partition coefficient (Wildman–Crippen LogP) is 4.23. The van der Waals surface area contributed by atoms with Gasteiger partial charge < -0.3 is 15.2 Å². The van der Waals surface area contributed by atoms with Crippen molar-refractivity contribution < 1.29 is 14.3 Å². The number of nitrogens with zero attached hydrogens (tertiary/aromatic N) is 1. The van der Waals surface area contributed by atoms with Gasteiger partial charge >= 0.3 is 5.97 Å². The van der Waals surface area contributed by atoms with Crippen LogP contribution in [0.3, 0.4) is 0 Å². The minimum Gasteiger partial charge on any atom is -0.463 e. The van der Waals surface area contributed by atoms with Crippen LogP contribution in [0.1, 0.15) is 24.0 Å². The zero-order valence-electron chi connectivity index (χ0n) is 14.6. The first-order chi connectivity index (χ1) is 13.1. The summed E-state index contributed by atoms with van der Waals surface area (Å²) < 4.78 is 11.9. The fourth-order valence-corrected chi connectivity index (χ4v) is 3.23. The highest BCUT2D eigenvalue weighted by molar-refractivity contribution is 9.10. The molecule has 0 aliphatic carbocycles. The summed E-state index contributed by atoms with van der Waals surface area (Å²) in [6.07, 6.45) is 0. The molecule has 0 bridgehead atoms. The van der Waals surface area contributed by atoms with Gasteiger partial charge in [-0.05, 0) is 24.6 Å². The molecular formula is C21H17BrN2O3. The van der Waals surface area contributed by atoms with Crippen molar-refractivity contribution in [3.63, 3.8) is 0 Å². The SMILES string of the molecule is CCOC(=O)C1=C(c2ccccc2)OC(N)=C(C#N)[C@H]1c1ccc(Br)cc1. The average molecular weight is 425 g/mol. The van der Waals surface area contributed by atoms with Crippen molar-refractivity contribution in [3.8, 4) is 6.07 Å². The Morgan fingerprint density at radius 1 is 1.22 bits per heavy atom. The van der Waals surface area contributed by atoms with Crippen LogP contribution >= 0.6 is 15.9 Å². The summed E-state index contributed by atoms with van der Waals surface area (Å²) in [4.78, 5) is 12.9. The number of esters is 1. The standard InChI is InChI=1S/C21H17BrN2O3/c1-2-26-21(25)18-17(13-8-10-15(22)11-9-13)16(12-23)20(24)27-19(18)14-6-4-3-5-7-14/h3-11,17H,2,24H2,1H3/t17-/m1/s1. The Morgan fingerprint density at radius 3 is 2.48 bits per heavy atom. The van der Waals surface area contributed by atoms with Gasteiger partial charge in [0.2, 0.25) is 5.88 Å². The van der Waals surface area contributed by atoms with Gasteiger partial charge in [-0.3, -0.25) is 0 Å². The predicted molar refractivity (Wildman–Crippen MR) is 105 cm³/mol. The van der Waals surface area contributed by atoms with Crippen molar-refractivity contribution in [2.45, 2.75) is 12.8 Å². The molecule has 3 rings (SSSR count). The van der Waals surface area contributed by atoms with Crippen molar-refractivity contribution in [2.75, 3.05) is 6.61 Å². The lowest BCUT2D eigenvalue weighted by atomic mass is 9.82. The molecule has 0 saturated heterocycles. The monoisotopic (exact) mass is 424 g/mol. The van der Waals surface area contributed by atoms with Gasteiger partial charge in [-0.25, -0.2) is 4.79 Å². The molecule has 1 aliphatic rings. The van der Waals surface area contributed by atoms with Gasteiger partial charge in [0.05, 0.1) is 18.1 Å². The van der Waals surface area contributed by atoms with Crippen LogP contribution < -0.4 is 5.73 Å². The minimum absolute atomic E-state index is 0.0164. The second-order valence-corrected chi connectivity index (χ2v) is 6.72. The molecule has 2 aromatic rings. The zero-order valence-corrected chi connectivity index (χ0v) is 16.2. The third-order valence-corrected chi connectivity index (χ3v) is 4.68. The summed E-state index contributed by atoms with van der Waals surface area (Å²) in [5.74, 6) is -0.925. The van der Waals surface area contributed by atoms with Gasteiger partial charge in [0, 0.05) is 10.0 Å². The summed E-state index contributed by atoms with van der Waals surface area (Å²) in [6.45, 7) is 1.94. The first-order valence-corrected chi connectivity index (χ1v) is 9.15. The Hall–Kier alpha value is -3.04. The van der Waals surface area contributed by atoms with Crippen molar-refractivity contribution >= 4 is 27.7 Å². The van der Waals surface area contributed by atoms with Gasteiger partial charge in [0.15, 0.2) is 0 Å². The maximum absolute atomic E-state index is 12.9. The van der Waals surface area contributed by atoms with Crippen LogP contribution in [0.25, 0.3) is 5.76 Å². The maximum atomic E-state index is 12.9. The molecule has 6 heteroatoms. The van der Waals surface area contributed by atoms with E-state index in [0.29, 0.717) is 11.3 Å². The molecule has 5 nitrogen and oxygen atoms in total. The van der Waals surface area contributed by atoms with E-state index in [-0.39, 0.29) is 23.6 Å². The average Bonchev–Trinajstić information content (AvgIpc) is 2.68. The van der Waals surface area contributed by atoms with Crippen molar-refractivity contribution in [2.24, 2.45) is 5.73 Å². The number of carbonyl (C=O) groups excluding carboxylic acids is 1. The van der Waals surface area contributed by atoms with Gasteiger partial charge in [0.1, 0.15) is 17.4 Å². The maximum Gasteiger partial charge on any atom is 0.338 e. The van der Waals surface area contributed by atoms with Crippen molar-refractivity contribution in [1.29, 1.82) is 5.26 Å². The molecule has 27 heavy (non-hydrogen) atoms. The highest BCUT2D eigenvalue weighted by Gasteiger charge is 2.38. The number of benzene rings is 2. The zero-order chi connectivity index (χ0) is 19.4. The van der Waals surface area contributed by atoms with E-state index in [2.05, 4.69) is 22.0 Å². The Kier molecular flexibility index (Phi) is 5.63. The lowest BCUT2D eigenvalue weighted by molar-refractivity contribution is -0.138. The minimum atomic E-state index is -0.675. The number of nitrogens with two attached hydrogens (primary N) is 1.